The topological polar surface area (TPSA) is 92.4 Å². The van der Waals surface area contributed by atoms with Crippen molar-refractivity contribution in [3.63, 3.8) is 0 Å². The molecule has 9 heteroatoms. The van der Waals surface area contributed by atoms with E-state index in [-0.39, 0.29) is 12.6 Å². The van der Waals surface area contributed by atoms with Crippen molar-refractivity contribution in [1.29, 1.82) is 0 Å². The van der Waals surface area contributed by atoms with Crippen LogP contribution in [0.3, 0.4) is 0 Å². The predicted octanol–water partition coefficient (Wildman–Crippen LogP) is 2.70. The smallest absolute Gasteiger partial charge is 0.338 e. The van der Waals surface area contributed by atoms with Crippen LogP contribution in [0.15, 0.2) is 59.8 Å². The van der Waals surface area contributed by atoms with Crippen molar-refractivity contribution in [3.8, 4) is 11.5 Å². The monoisotopic (exact) mass is 480 g/mol. The Kier molecular flexibility index (Phi) is 7.77. The first-order valence-corrected chi connectivity index (χ1v) is 11.7. The summed E-state index contributed by atoms with van der Waals surface area (Å²) < 4.78 is 16.0. The number of ether oxygens (including phenoxy) is 3. The molecule has 0 radical (unpaired) electrons. The van der Waals surface area contributed by atoms with Crippen LogP contribution in [0.1, 0.15) is 18.5 Å². The zero-order valence-electron chi connectivity index (χ0n) is 20.4. The Balaban J connectivity index is 1.54. The minimum absolute atomic E-state index is 0.245. The third-order valence-corrected chi connectivity index (χ3v) is 6.27. The maximum atomic E-state index is 13.0. The van der Waals surface area contributed by atoms with Gasteiger partial charge in [0.1, 0.15) is 11.5 Å². The molecule has 4 rings (SSSR count). The molecule has 186 valence electrons. The number of carbonyl (C=O) groups is 2. The number of hydrogen-bond donors (Lipinski definition) is 2. The average molecular weight is 481 g/mol. The van der Waals surface area contributed by atoms with E-state index in [0.29, 0.717) is 23.6 Å². The van der Waals surface area contributed by atoms with Gasteiger partial charge in [-0.2, -0.15) is 0 Å². The number of nitrogens with one attached hydrogen (secondary N) is 2. The molecule has 1 atom stereocenters. The number of benzene rings is 2. The highest BCUT2D eigenvalue weighted by Gasteiger charge is 2.35. The maximum Gasteiger partial charge on any atom is 0.338 e. The summed E-state index contributed by atoms with van der Waals surface area (Å²) in [5.74, 6) is 1.03. The molecule has 2 aliphatic heterocycles. The van der Waals surface area contributed by atoms with Crippen LogP contribution in [0.4, 0.5) is 10.5 Å². The molecule has 9 nitrogen and oxygen atoms in total. The maximum absolute atomic E-state index is 13.0. The van der Waals surface area contributed by atoms with Crippen molar-refractivity contribution in [1.82, 2.24) is 15.5 Å². The highest BCUT2D eigenvalue weighted by Crippen LogP contribution is 2.30. The van der Waals surface area contributed by atoms with E-state index in [9.17, 15) is 9.59 Å². The van der Waals surface area contributed by atoms with Gasteiger partial charge in [0, 0.05) is 44.1 Å². The largest absolute Gasteiger partial charge is 0.497 e. The van der Waals surface area contributed by atoms with Gasteiger partial charge in [-0.1, -0.05) is 12.1 Å². The predicted molar refractivity (Wildman–Crippen MR) is 133 cm³/mol. The van der Waals surface area contributed by atoms with Gasteiger partial charge in [-0.3, -0.25) is 4.90 Å². The molecule has 0 aliphatic carbocycles. The summed E-state index contributed by atoms with van der Waals surface area (Å²) in [6.45, 7) is 5.70. The Morgan fingerprint density at radius 1 is 1.00 bits per heavy atom. The number of carbonyl (C=O) groups excluding carboxylic acids is 2. The number of rotatable bonds is 8. The molecule has 0 aromatic heterocycles. The third kappa shape index (κ3) is 5.68. The lowest BCUT2D eigenvalue weighted by atomic mass is 9.94. The van der Waals surface area contributed by atoms with E-state index >= 15 is 0 Å². The summed E-state index contributed by atoms with van der Waals surface area (Å²) in [5.41, 5.74) is 2.88. The van der Waals surface area contributed by atoms with Gasteiger partial charge in [-0.25, -0.2) is 9.59 Å². The third-order valence-electron chi connectivity index (χ3n) is 6.27. The first-order chi connectivity index (χ1) is 17.0. The van der Waals surface area contributed by atoms with Crippen LogP contribution in [0, 0.1) is 0 Å². The van der Waals surface area contributed by atoms with Gasteiger partial charge in [0.15, 0.2) is 0 Å². The van der Waals surface area contributed by atoms with Crippen molar-refractivity contribution in [2.75, 3.05) is 58.5 Å². The van der Waals surface area contributed by atoms with Crippen LogP contribution < -0.4 is 25.0 Å². The van der Waals surface area contributed by atoms with Crippen LogP contribution in [0.25, 0.3) is 0 Å². The number of methoxy groups -OCH3 is 2. The number of anilines is 1. The second kappa shape index (κ2) is 11.1. The van der Waals surface area contributed by atoms with Gasteiger partial charge >= 0.3 is 12.0 Å². The highest BCUT2D eigenvalue weighted by atomic mass is 16.5. The van der Waals surface area contributed by atoms with Crippen molar-refractivity contribution in [2.45, 2.75) is 13.0 Å². The molecule has 0 unspecified atom stereocenters. The van der Waals surface area contributed by atoms with Gasteiger partial charge in [-0.05, 0) is 48.9 Å². The summed E-state index contributed by atoms with van der Waals surface area (Å²) >= 11 is 0. The molecule has 1 saturated heterocycles. The molecule has 2 aliphatic rings. The molecule has 0 saturated carbocycles. The summed E-state index contributed by atoms with van der Waals surface area (Å²) in [4.78, 5) is 30.2. The zero-order valence-corrected chi connectivity index (χ0v) is 20.4. The van der Waals surface area contributed by atoms with Crippen molar-refractivity contribution in [3.05, 3.63) is 65.4 Å². The minimum atomic E-state index is -0.631. The normalized spacial score (nSPS) is 18.5. The Morgan fingerprint density at radius 3 is 2.37 bits per heavy atom. The second-order valence-electron chi connectivity index (χ2n) is 8.38. The van der Waals surface area contributed by atoms with Crippen LogP contribution in [-0.2, 0) is 9.53 Å². The molecular formula is C26H32N4O5. The van der Waals surface area contributed by atoms with Crippen LogP contribution in [-0.4, -0.2) is 70.5 Å². The average Bonchev–Trinajstić information content (AvgIpc) is 2.89. The van der Waals surface area contributed by atoms with Gasteiger partial charge in [0.25, 0.3) is 0 Å². The van der Waals surface area contributed by atoms with E-state index < -0.39 is 12.0 Å². The summed E-state index contributed by atoms with van der Waals surface area (Å²) in [6.07, 6.45) is 0. The van der Waals surface area contributed by atoms with E-state index in [4.69, 9.17) is 14.2 Å². The Hall–Kier alpha value is -3.72. The van der Waals surface area contributed by atoms with Crippen LogP contribution >= 0.6 is 0 Å². The molecule has 2 aromatic rings. The summed E-state index contributed by atoms with van der Waals surface area (Å²) in [5, 5.41) is 5.74. The fourth-order valence-corrected chi connectivity index (χ4v) is 4.44. The summed E-state index contributed by atoms with van der Waals surface area (Å²) in [7, 11) is 3.24. The quantitative estimate of drug-likeness (QED) is 0.562. The van der Waals surface area contributed by atoms with Crippen LogP contribution in [0.5, 0.6) is 11.5 Å². The van der Waals surface area contributed by atoms with E-state index in [1.165, 1.54) is 0 Å². The molecular weight excluding hydrogens is 448 g/mol. The van der Waals surface area contributed by atoms with Crippen LogP contribution in [0.2, 0.25) is 0 Å². The number of piperazine rings is 1. The molecule has 2 heterocycles. The Bertz CT molecular complexity index is 1080. The molecule has 35 heavy (non-hydrogen) atoms. The van der Waals surface area contributed by atoms with Gasteiger partial charge < -0.3 is 29.7 Å². The van der Waals surface area contributed by atoms with E-state index in [1.807, 2.05) is 36.4 Å². The number of nitrogens with zero attached hydrogens (tertiary/aromatic N) is 2. The number of esters is 1. The first-order valence-electron chi connectivity index (χ1n) is 11.7. The molecule has 1 fully saturated rings. The van der Waals surface area contributed by atoms with E-state index in [2.05, 4.69) is 32.6 Å². The Morgan fingerprint density at radius 2 is 1.71 bits per heavy atom. The highest BCUT2D eigenvalue weighted by molar-refractivity contribution is 5.95. The van der Waals surface area contributed by atoms with Crippen molar-refractivity contribution in [2.24, 2.45) is 0 Å². The number of urea groups is 1. The second-order valence-corrected chi connectivity index (χ2v) is 8.38. The van der Waals surface area contributed by atoms with Gasteiger partial charge in [0.05, 0.1) is 32.4 Å². The first kappa shape index (κ1) is 24.4. The van der Waals surface area contributed by atoms with Gasteiger partial charge in [0.2, 0.25) is 0 Å². The fourth-order valence-electron chi connectivity index (χ4n) is 4.44. The van der Waals surface area contributed by atoms with Crippen molar-refractivity contribution >= 4 is 17.7 Å². The molecule has 2 amide bonds. The van der Waals surface area contributed by atoms with E-state index in [1.54, 1.807) is 21.1 Å². The lowest BCUT2D eigenvalue weighted by molar-refractivity contribution is -0.139. The number of hydrogen-bond acceptors (Lipinski definition) is 7. The molecule has 0 spiro atoms. The minimum Gasteiger partial charge on any atom is -0.497 e. The lowest BCUT2D eigenvalue weighted by Gasteiger charge is -2.38. The standard InChI is InChI=1S/C26H32N4O5/c1-4-35-25(31)23-22(27-26(32)28-24(23)18-6-5-7-21(16-18)34-3)17-29-12-14-30(15-13-29)19-8-10-20(33-2)11-9-19/h5-11,16,24H,4,12-15,17H2,1-3H3,(H2,27,28,32)/t24-/m1/s1. The zero-order chi connectivity index (χ0) is 24.8. The fraction of sp³-hybridized carbons (Fsp3) is 0.385. The molecule has 0 bridgehead atoms. The Labute approximate surface area is 205 Å². The number of amides is 2. The molecule has 2 N–H and O–H groups in total. The van der Waals surface area contributed by atoms with Crippen molar-refractivity contribution < 1.29 is 23.8 Å². The van der Waals surface area contributed by atoms with E-state index in [0.717, 1.165) is 43.2 Å². The summed E-state index contributed by atoms with van der Waals surface area (Å²) in [6, 6.07) is 14.4. The molecule has 2 aromatic carbocycles. The lowest BCUT2D eigenvalue weighted by Crippen LogP contribution is -2.51. The van der Waals surface area contributed by atoms with Gasteiger partial charge in [-0.15, -0.1) is 0 Å². The SMILES string of the molecule is CCOC(=O)C1=C(CN2CCN(c3ccc(OC)cc3)CC2)NC(=O)N[C@@H]1c1cccc(OC)c1.